The maximum atomic E-state index is 13.5. The highest BCUT2D eigenvalue weighted by Crippen LogP contribution is 2.41. The van der Waals surface area contributed by atoms with Crippen molar-refractivity contribution in [2.24, 2.45) is 7.05 Å². The second-order valence-electron chi connectivity index (χ2n) is 10.9. The Morgan fingerprint density at radius 1 is 1.02 bits per heavy atom. The van der Waals surface area contributed by atoms with E-state index in [0.717, 1.165) is 67.5 Å². The van der Waals surface area contributed by atoms with Crippen LogP contribution in [0.1, 0.15) is 39.4 Å². The molecule has 0 bridgehead atoms. The average Bonchev–Trinajstić information content (AvgIpc) is 3.45. The second kappa shape index (κ2) is 12.3. The molecule has 0 spiro atoms. The normalized spacial score (nSPS) is 13.9. The minimum atomic E-state index is -0.299. The van der Waals surface area contributed by atoms with E-state index < -0.39 is 0 Å². The lowest BCUT2D eigenvalue weighted by Gasteiger charge is -2.16. The van der Waals surface area contributed by atoms with Crippen LogP contribution in [0.5, 0.6) is 5.75 Å². The Kier molecular flexibility index (Phi) is 8.16. The average molecular weight is 576 g/mol. The van der Waals surface area contributed by atoms with Crippen molar-refractivity contribution in [2.45, 2.75) is 39.8 Å². The van der Waals surface area contributed by atoms with Crippen LogP contribution in [0.15, 0.2) is 79.4 Å². The number of aromatic nitrogens is 3. The Morgan fingerprint density at radius 2 is 1.86 bits per heavy atom. The van der Waals surface area contributed by atoms with Gasteiger partial charge in [-0.15, -0.1) is 6.58 Å². The SMILES string of the molecule is C=CCOCc1c(-c2c(C)ccc3c(CCCOc4cccc5ccccc45)c4n(c23)C/C=C\COC4=O)c(C)nn1C. The summed E-state index contributed by atoms with van der Waals surface area (Å²) in [5.74, 6) is 0.572. The van der Waals surface area contributed by atoms with Gasteiger partial charge in [0, 0.05) is 35.5 Å². The lowest BCUT2D eigenvalue weighted by Crippen LogP contribution is -2.16. The summed E-state index contributed by atoms with van der Waals surface area (Å²) in [6.07, 6.45) is 7.14. The zero-order valence-corrected chi connectivity index (χ0v) is 25.1. The fourth-order valence-corrected chi connectivity index (χ4v) is 6.23. The first-order valence-electron chi connectivity index (χ1n) is 14.8. The summed E-state index contributed by atoms with van der Waals surface area (Å²) in [7, 11) is 1.95. The third kappa shape index (κ3) is 5.37. The van der Waals surface area contributed by atoms with E-state index >= 15 is 0 Å². The Labute approximate surface area is 252 Å². The second-order valence-corrected chi connectivity index (χ2v) is 10.9. The molecule has 0 N–H and O–H groups in total. The van der Waals surface area contributed by atoms with E-state index in [1.807, 2.05) is 49.0 Å². The minimum absolute atomic E-state index is 0.266. The standard InChI is InChI=1S/C36H37N3O4/c1-5-20-41-23-30-33(25(3)37-38(30)4)32-24(2)17-18-29-28(35-36(40)43-21-9-8-19-39(35)34(29)32)15-11-22-42-31-16-10-13-26-12-6-7-14-27(26)31/h5-10,12-14,16-18H,1,11,15,19-23H2,2-4H3/b9-8-. The number of nitrogens with zero attached hydrogens (tertiary/aromatic N) is 3. The van der Waals surface area contributed by atoms with E-state index in [-0.39, 0.29) is 12.6 Å². The van der Waals surface area contributed by atoms with Crippen molar-refractivity contribution in [3.63, 3.8) is 0 Å². The van der Waals surface area contributed by atoms with Crippen LogP contribution >= 0.6 is 0 Å². The van der Waals surface area contributed by atoms with Gasteiger partial charge in [-0.3, -0.25) is 4.68 Å². The van der Waals surface area contributed by atoms with E-state index in [4.69, 9.17) is 19.3 Å². The first kappa shape index (κ1) is 28.5. The van der Waals surface area contributed by atoms with Crippen molar-refractivity contribution in [1.82, 2.24) is 14.3 Å². The predicted molar refractivity (Wildman–Crippen MR) is 171 cm³/mol. The van der Waals surface area contributed by atoms with Gasteiger partial charge in [0.1, 0.15) is 18.1 Å². The van der Waals surface area contributed by atoms with Gasteiger partial charge in [-0.05, 0) is 55.3 Å². The molecule has 6 rings (SSSR count). The van der Waals surface area contributed by atoms with E-state index in [2.05, 4.69) is 54.5 Å². The van der Waals surface area contributed by atoms with Gasteiger partial charge in [-0.1, -0.05) is 60.7 Å². The first-order chi connectivity index (χ1) is 21.0. The van der Waals surface area contributed by atoms with Gasteiger partial charge in [0.15, 0.2) is 0 Å². The molecule has 7 heteroatoms. The maximum Gasteiger partial charge on any atom is 0.355 e. The van der Waals surface area contributed by atoms with Crippen LogP contribution in [0.3, 0.4) is 0 Å². The number of rotatable bonds is 10. The molecule has 2 aromatic heterocycles. The zero-order valence-electron chi connectivity index (χ0n) is 25.1. The molecule has 0 fully saturated rings. The summed E-state index contributed by atoms with van der Waals surface area (Å²) in [6.45, 7) is 10.2. The summed E-state index contributed by atoms with van der Waals surface area (Å²) in [5.41, 5.74) is 7.75. The van der Waals surface area contributed by atoms with Crippen molar-refractivity contribution in [3.05, 3.63) is 108 Å². The van der Waals surface area contributed by atoms with Crippen molar-refractivity contribution in [1.29, 1.82) is 0 Å². The molecule has 0 amide bonds. The number of benzene rings is 3. The van der Waals surface area contributed by atoms with Crippen LogP contribution in [-0.4, -0.2) is 40.1 Å². The minimum Gasteiger partial charge on any atom is -0.493 e. The van der Waals surface area contributed by atoms with Crippen LogP contribution in [0.2, 0.25) is 0 Å². The molecular weight excluding hydrogens is 538 g/mol. The zero-order chi connectivity index (χ0) is 29.9. The summed E-state index contributed by atoms with van der Waals surface area (Å²) in [6, 6.07) is 18.6. The van der Waals surface area contributed by atoms with E-state index in [1.54, 1.807) is 6.08 Å². The van der Waals surface area contributed by atoms with Crippen molar-refractivity contribution >= 4 is 27.6 Å². The summed E-state index contributed by atoms with van der Waals surface area (Å²) in [4.78, 5) is 13.5. The Balaban J connectivity index is 1.42. The molecule has 1 aliphatic rings. The highest BCUT2D eigenvalue weighted by molar-refractivity contribution is 6.06. The van der Waals surface area contributed by atoms with Crippen molar-refractivity contribution in [3.8, 4) is 16.9 Å². The smallest absolute Gasteiger partial charge is 0.355 e. The fraction of sp³-hybridized carbons (Fsp3) is 0.278. The summed E-state index contributed by atoms with van der Waals surface area (Å²) >= 11 is 0. The molecular formula is C36H37N3O4. The number of carbonyl (C=O) groups is 1. The van der Waals surface area contributed by atoms with Gasteiger partial charge >= 0.3 is 5.97 Å². The van der Waals surface area contributed by atoms with Crippen molar-refractivity contribution in [2.75, 3.05) is 19.8 Å². The largest absolute Gasteiger partial charge is 0.493 e. The number of ether oxygens (including phenoxy) is 3. The molecule has 220 valence electrons. The van der Waals surface area contributed by atoms with Crippen LogP contribution in [-0.2, 0) is 36.1 Å². The van der Waals surface area contributed by atoms with Crippen LogP contribution in [0, 0.1) is 13.8 Å². The molecule has 0 radical (unpaired) electrons. The maximum absolute atomic E-state index is 13.5. The van der Waals surface area contributed by atoms with Gasteiger partial charge in [-0.25, -0.2) is 4.79 Å². The number of cyclic esters (lactones) is 1. The highest BCUT2D eigenvalue weighted by atomic mass is 16.5. The van der Waals surface area contributed by atoms with Crippen LogP contribution in [0.25, 0.3) is 32.8 Å². The van der Waals surface area contributed by atoms with E-state index in [1.165, 1.54) is 0 Å². The number of carbonyl (C=O) groups excluding carboxylic acids is 1. The monoisotopic (exact) mass is 575 g/mol. The van der Waals surface area contributed by atoms with Crippen molar-refractivity contribution < 1.29 is 19.0 Å². The van der Waals surface area contributed by atoms with Crippen LogP contribution < -0.4 is 4.74 Å². The fourth-order valence-electron chi connectivity index (χ4n) is 6.23. The Bertz CT molecular complexity index is 1850. The van der Waals surface area contributed by atoms with Gasteiger partial charge < -0.3 is 18.8 Å². The molecule has 1 aliphatic heterocycles. The predicted octanol–water partition coefficient (Wildman–Crippen LogP) is 7.25. The quantitative estimate of drug-likeness (QED) is 0.0997. The molecule has 43 heavy (non-hydrogen) atoms. The number of fused-ring (bicyclic) bond motifs is 4. The molecule has 3 aromatic carbocycles. The van der Waals surface area contributed by atoms with Gasteiger partial charge in [-0.2, -0.15) is 5.10 Å². The van der Waals surface area contributed by atoms with Gasteiger partial charge in [0.2, 0.25) is 0 Å². The Morgan fingerprint density at radius 3 is 2.72 bits per heavy atom. The summed E-state index contributed by atoms with van der Waals surface area (Å²) < 4.78 is 21.9. The molecule has 0 atom stereocenters. The molecule has 0 saturated carbocycles. The third-order valence-electron chi connectivity index (χ3n) is 8.14. The number of esters is 1. The lowest BCUT2D eigenvalue weighted by atomic mass is 9.94. The van der Waals surface area contributed by atoms with E-state index in [9.17, 15) is 4.79 Å². The van der Waals surface area contributed by atoms with Gasteiger partial charge in [0.05, 0.1) is 36.7 Å². The number of allylic oxidation sites excluding steroid dienone is 1. The van der Waals surface area contributed by atoms with Crippen LogP contribution in [0.4, 0.5) is 0 Å². The molecule has 0 aliphatic carbocycles. The van der Waals surface area contributed by atoms with Gasteiger partial charge in [0.25, 0.3) is 0 Å². The Hall–Kier alpha value is -4.62. The molecule has 7 nitrogen and oxygen atoms in total. The first-order valence-corrected chi connectivity index (χ1v) is 14.8. The number of hydrogen-bond acceptors (Lipinski definition) is 5. The van der Waals surface area contributed by atoms with E-state index in [0.29, 0.717) is 38.5 Å². The molecule has 0 unspecified atom stereocenters. The molecule has 5 aromatic rings. The molecule has 3 heterocycles. The summed E-state index contributed by atoms with van der Waals surface area (Å²) in [5, 5.41) is 8.07. The highest BCUT2D eigenvalue weighted by Gasteiger charge is 2.29. The third-order valence-corrected chi connectivity index (χ3v) is 8.14. The molecule has 0 saturated heterocycles. The lowest BCUT2D eigenvalue weighted by molar-refractivity contribution is 0.0533. The topological polar surface area (TPSA) is 67.5 Å². The number of hydrogen-bond donors (Lipinski definition) is 0. The number of aryl methyl sites for hydroxylation is 4.